The molecular formula is C14H17ClN2O2. The predicted molar refractivity (Wildman–Crippen MR) is 75.2 cm³/mol. The minimum Gasteiger partial charge on any atom is -0.351 e. The van der Waals surface area contributed by atoms with Crippen LogP contribution in [-0.2, 0) is 16.1 Å². The maximum absolute atomic E-state index is 11.6. The molecule has 19 heavy (non-hydrogen) atoms. The van der Waals surface area contributed by atoms with Crippen molar-refractivity contribution in [3.63, 3.8) is 0 Å². The van der Waals surface area contributed by atoms with Gasteiger partial charge in [0.2, 0.25) is 11.8 Å². The van der Waals surface area contributed by atoms with Gasteiger partial charge in [0.1, 0.15) is 5.38 Å². The van der Waals surface area contributed by atoms with Crippen LogP contribution in [0.25, 0.3) is 0 Å². The second-order valence-electron chi connectivity index (χ2n) is 4.65. The lowest BCUT2D eigenvalue weighted by atomic mass is 10.2. The number of carbonyl (C=O) groups excluding carboxylic acids is 2. The third-order valence-electron chi connectivity index (χ3n) is 3.15. The van der Waals surface area contributed by atoms with Crippen LogP contribution in [0.3, 0.4) is 0 Å². The van der Waals surface area contributed by atoms with Gasteiger partial charge < -0.3 is 10.2 Å². The van der Waals surface area contributed by atoms with Crippen LogP contribution >= 0.6 is 11.6 Å². The molecular weight excluding hydrogens is 264 g/mol. The quantitative estimate of drug-likeness (QED) is 0.858. The minimum atomic E-state index is -0.526. The molecule has 2 amide bonds. The molecule has 1 aliphatic heterocycles. The standard InChI is InChI=1S/C14H17ClN2O2/c1-10(15)14(19)16-9-11-4-6-12(7-5-11)17-8-2-3-13(17)18/h4-7,10H,2-3,8-9H2,1H3,(H,16,19). The van der Waals surface area contributed by atoms with Gasteiger partial charge in [-0.25, -0.2) is 0 Å². The lowest BCUT2D eigenvalue weighted by molar-refractivity contribution is -0.120. The highest BCUT2D eigenvalue weighted by Crippen LogP contribution is 2.21. The summed E-state index contributed by atoms with van der Waals surface area (Å²) in [4.78, 5) is 24.7. The molecule has 1 saturated heterocycles. The second kappa shape index (κ2) is 6.06. The first kappa shape index (κ1) is 13.9. The summed E-state index contributed by atoms with van der Waals surface area (Å²) in [6, 6.07) is 7.66. The summed E-state index contributed by atoms with van der Waals surface area (Å²) < 4.78 is 0. The molecule has 0 spiro atoms. The highest BCUT2D eigenvalue weighted by Gasteiger charge is 2.21. The Labute approximate surface area is 117 Å². The maximum atomic E-state index is 11.6. The van der Waals surface area contributed by atoms with Gasteiger partial charge in [0, 0.05) is 25.2 Å². The van der Waals surface area contributed by atoms with Gasteiger partial charge in [0.15, 0.2) is 0 Å². The number of benzene rings is 1. The zero-order chi connectivity index (χ0) is 13.8. The van der Waals surface area contributed by atoms with Gasteiger partial charge in [0.25, 0.3) is 0 Å². The molecule has 1 aromatic rings. The average Bonchev–Trinajstić information content (AvgIpc) is 2.82. The molecule has 5 heteroatoms. The Bertz CT molecular complexity index is 471. The van der Waals surface area contributed by atoms with E-state index in [1.807, 2.05) is 24.3 Å². The normalized spacial score (nSPS) is 16.5. The van der Waals surface area contributed by atoms with Gasteiger partial charge >= 0.3 is 0 Å². The molecule has 1 unspecified atom stereocenters. The number of amides is 2. The Morgan fingerprint density at radius 1 is 1.42 bits per heavy atom. The van der Waals surface area contributed by atoms with Gasteiger partial charge in [-0.05, 0) is 31.0 Å². The van der Waals surface area contributed by atoms with Crippen molar-refractivity contribution in [3.8, 4) is 0 Å². The van der Waals surface area contributed by atoms with E-state index in [0.29, 0.717) is 13.0 Å². The van der Waals surface area contributed by atoms with E-state index in [-0.39, 0.29) is 11.8 Å². The first-order valence-electron chi connectivity index (χ1n) is 6.39. The molecule has 0 bridgehead atoms. The van der Waals surface area contributed by atoms with Crippen molar-refractivity contribution in [2.24, 2.45) is 0 Å². The lowest BCUT2D eigenvalue weighted by Crippen LogP contribution is -2.29. The SMILES string of the molecule is CC(Cl)C(=O)NCc1ccc(N2CCCC2=O)cc1. The van der Waals surface area contributed by atoms with Crippen LogP contribution in [0.15, 0.2) is 24.3 Å². The zero-order valence-corrected chi connectivity index (χ0v) is 11.6. The molecule has 2 rings (SSSR count). The van der Waals surface area contributed by atoms with E-state index in [0.717, 1.165) is 24.2 Å². The third kappa shape index (κ3) is 3.47. The molecule has 1 fully saturated rings. The summed E-state index contributed by atoms with van der Waals surface area (Å²) in [5.74, 6) is -0.00233. The molecule has 0 radical (unpaired) electrons. The first-order valence-corrected chi connectivity index (χ1v) is 6.82. The summed E-state index contributed by atoms with van der Waals surface area (Å²) in [5.41, 5.74) is 1.91. The van der Waals surface area contributed by atoms with E-state index in [1.54, 1.807) is 11.8 Å². The van der Waals surface area contributed by atoms with Crippen molar-refractivity contribution in [2.75, 3.05) is 11.4 Å². The fourth-order valence-electron chi connectivity index (χ4n) is 2.04. The van der Waals surface area contributed by atoms with E-state index >= 15 is 0 Å². The minimum absolute atomic E-state index is 0.178. The topological polar surface area (TPSA) is 49.4 Å². The smallest absolute Gasteiger partial charge is 0.238 e. The molecule has 1 aromatic carbocycles. The van der Waals surface area contributed by atoms with E-state index in [2.05, 4.69) is 5.32 Å². The summed E-state index contributed by atoms with van der Waals surface area (Å²) in [6.07, 6.45) is 1.55. The van der Waals surface area contributed by atoms with E-state index in [1.165, 1.54) is 0 Å². The van der Waals surface area contributed by atoms with Crippen molar-refractivity contribution in [3.05, 3.63) is 29.8 Å². The highest BCUT2D eigenvalue weighted by molar-refractivity contribution is 6.30. The molecule has 0 aliphatic carbocycles. The Balaban J connectivity index is 1.95. The molecule has 1 heterocycles. The monoisotopic (exact) mass is 280 g/mol. The fourth-order valence-corrected chi connectivity index (χ4v) is 2.12. The Morgan fingerprint density at radius 3 is 2.63 bits per heavy atom. The number of halogens is 1. The average molecular weight is 281 g/mol. The van der Waals surface area contributed by atoms with Crippen LogP contribution in [0, 0.1) is 0 Å². The van der Waals surface area contributed by atoms with E-state index in [4.69, 9.17) is 11.6 Å². The van der Waals surface area contributed by atoms with E-state index < -0.39 is 5.38 Å². The van der Waals surface area contributed by atoms with Crippen LogP contribution < -0.4 is 10.2 Å². The van der Waals surface area contributed by atoms with E-state index in [9.17, 15) is 9.59 Å². The van der Waals surface area contributed by atoms with Gasteiger partial charge in [-0.3, -0.25) is 9.59 Å². The molecule has 1 aliphatic rings. The molecule has 4 nitrogen and oxygen atoms in total. The first-order chi connectivity index (χ1) is 9.08. The van der Waals surface area contributed by atoms with Crippen LogP contribution in [0.1, 0.15) is 25.3 Å². The number of anilines is 1. The number of nitrogens with one attached hydrogen (secondary N) is 1. The number of nitrogens with zero attached hydrogens (tertiary/aromatic N) is 1. The number of hydrogen-bond donors (Lipinski definition) is 1. The van der Waals surface area contributed by atoms with Gasteiger partial charge in [0.05, 0.1) is 0 Å². The Hall–Kier alpha value is -1.55. The third-order valence-corrected chi connectivity index (χ3v) is 3.35. The van der Waals surface area contributed by atoms with Crippen molar-refractivity contribution >= 4 is 29.1 Å². The zero-order valence-electron chi connectivity index (χ0n) is 10.9. The molecule has 0 saturated carbocycles. The van der Waals surface area contributed by atoms with Gasteiger partial charge in [-0.15, -0.1) is 11.6 Å². The van der Waals surface area contributed by atoms with Crippen molar-refractivity contribution in [1.82, 2.24) is 5.32 Å². The number of carbonyl (C=O) groups is 2. The van der Waals surface area contributed by atoms with Crippen molar-refractivity contribution < 1.29 is 9.59 Å². The Kier molecular flexibility index (Phi) is 4.43. The molecule has 0 aromatic heterocycles. The number of hydrogen-bond acceptors (Lipinski definition) is 2. The second-order valence-corrected chi connectivity index (χ2v) is 5.30. The molecule has 1 atom stereocenters. The fraction of sp³-hybridized carbons (Fsp3) is 0.429. The lowest BCUT2D eigenvalue weighted by Gasteiger charge is -2.16. The highest BCUT2D eigenvalue weighted by atomic mass is 35.5. The van der Waals surface area contributed by atoms with Crippen LogP contribution in [-0.4, -0.2) is 23.7 Å². The predicted octanol–water partition coefficient (Wildman–Crippen LogP) is 2.06. The van der Waals surface area contributed by atoms with Crippen molar-refractivity contribution in [1.29, 1.82) is 0 Å². The maximum Gasteiger partial charge on any atom is 0.238 e. The van der Waals surface area contributed by atoms with Crippen LogP contribution in [0.4, 0.5) is 5.69 Å². The number of alkyl halides is 1. The molecule has 1 N–H and O–H groups in total. The largest absolute Gasteiger partial charge is 0.351 e. The van der Waals surface area contributed by atoms with Crippen molar-refractivity contribution in [2.45, 2.75) is 31.7 Å². The van der Waals surface area contributed by atoms with Gasteiger partial charge in [-0.1, -0.05) is 12.1 Å². The Morgan fingerprint density at radius 2 is 2.11 bits per heavy atom. The van der Waals surface area contributed by atoms with Crippen LogP contribution in [0.2, 0.25) is 0 Å². The summed E-state index contributed by atoms with van der Waals surface area (Å²) in [6.45, 7) is 2.88. The van der Waals surface area contributed by atoms with Gasteiger partial charge in [-0.2, -0.15) is 0 Å². The molecule has 102 valence electrons. The summed E-state index contributed by atoms with van der Waals surface area (Å²) >= 11 is 5.67. The summed E-state index contributed by atoms with van der Waals surface area (Å²) in [7, 11) is 0. The number of rotatable bonds is 4. The van der Waals surface area contributed by atoms with Crippen LogP contribution in [0.5, 0.6) is 0 Å². The summed E-state index contributed by atoms with van der Waals surface area (Å²) in [5, 5.41) is 2.22.